The SMILES string of the molecule is c1ccc2[nH]c(CCNCCNCCNCCc3c[nH]c4ccccc34)cc2c1. The summed E-state index contributed by atoms with van der Waals surface area (Å²) in [5.41, 5.74) is 5.13. The smallest absolute Gasteiger partial charge is 0.0456 e. The van der Waals surface area contributed by atoms with E-state index in [1.54, 1.807) is 0 Å². The first-order valence-electron chi connectivity index (χ1n) is 10.6. The Bertz CT molecular complexity index is 983. The van der Waals surface area contributed by atoms with E-state index in [2.05, 4.69) is 86.7 Å². The van der Waals surface area contributed by atoms with E-state index in [9.17, 15) is 0 Å². The van der Waals surface area contributed by atoms with E-state index in [1.165, 1.54) is 33.1 Å². The minimum Gasteiger partial charge on any atom is -0.361 e. The Kier molecular flexibility index (Phi) is 6.97. The number of H-pyrrole nitrogens is 2. The van der Waals surface area contributed by atoms with Gasteiger partial charge in [-0.15, -0.1) is 0 Å². The van der Waals surface area contributed by atoms with Crippen LogP contribution in [-0.4, -0.2) is 49.2 Å². The monoisotopic (exact) mass is 389 g/mol. The molecule has 4 rings (SSSR count). The first kappa shape index (κ1) is 19.7. The zero-order valence-corrected chi connectivity index (χ0v) is 16.9. The molecule has 2 heterocycles. The zero-order valence-electron chi connectivity index (χ0n) is 16.9. The molecule has 0 unspecified atom stereocenters. The van der Waals surface area contributed by atoms with E-state index in [-0.39, 0.29) is 0 Å². The van der Waals surface area contributed by atoms with Crippen LogP contribution in [0.3, 0.4) is 0 Å². The van der Waals surface area contributed by atoms with E-state index in [0.717, 1.165) is 52.1 Å². The number of fused-ring (bicyclic) bond motifs is 2. The molecule has 0 aliphatic heterocycles. The zero-order chi connectivity index (χ0) is 19.7. The van der Waals surface area contributed by atoms with Crippen LogP contribution in [0.1, 0.15) is 11.3 Å². The fourth-order valence-electron chi connectivity index (χ4n) is 3.78. The summed E-state index contributed by atoms with van der Waals surface area (Å²) < 4.78 is 0. The van der Waals surface area contributed by atoms with Crippen LogP contribution >= 0.6 is 0 Å². The van der Waals surface area contributed by atoms with Crippen molar-refractivity contribution >= 4 is 21.8 Å². The van der Waals surface area contributed by atoms with E-state index in [1.807, 2.05) is 0 Å². The van der Waals surface area contributed by atoms with Crippen molar-refractivity contribution < 1.29 is 0 Å². The molecule has 0 saturated heterocycles. The molecular formula is C24H31N5. The topological polar surface area (TPSA) is 67.7 Å². The van der Waals surface area contributed by atoms with Crippen molar-refractivity contribution in [2.75, 3.05) is 39.3 Å². The molecule has 0 saturated carbocycles. The Morgan fingerprint density at radius 2 is 1.31 bits per heavy atom. The molecule has 0 bridgehead atoms. The number of nitrogens with one attached hydrogen (secondary N) is 5. The van der Waals surface area contributed by atoms with E-state index >= 15 is 0 Å². The Hall–Kier alpha value is -2.60. The second-order valence-corrected chi connectivity index (χ2v) is 7.49. The number of rotatable bonds is 12. The minimum atomic E-state index is 0.996. The Morgan fingerprint density at radius 1 is 0.655 bits per heavy atom. The molecule has 5 N–H and O–H groups in total. The maximum atomic E-state index is 3.52. The Balaban J connectivity index is 1.01. The summed E-state index contributed by atoms with van der Waals surface area (Å²) in [4.78, 5) is 6.82. The van der Waals surface area contributed by atoms with Crippen LogP contribution in [-0.2, 0) is 12.8 Å². The fraction of sp³-hybridized carbons (Fsp3) is 0.333. The lowest BCUT2D eigenvalue weighted by Crippen LogP contribution is -2.33. The first-order valence-corrected chi connectivity index (χ1v) is 10.6. The highest BCUT2D eigenvalue weighted by molar-refractivity contribution is 5.83. The van der Waals surface area contributed by atoms with E-state index < -0.39 is 0 Å². The summed E-state index contributed by atoms with van der Waals surface area (Å²) in [6.45, 7) is 5.99. The van der Waals surface area contributed by atoms with Crippen LogP contribution in [0.2, 0.25) is 0 Å². The third-order valence-electron chi connectivity index (χ3n) is 5.36. The molecule has 152 valence electrons. The number of para-hydroxylation sites is 2. The highest BCUT2D eigenvalue weighted by Crippen LogP contribution is 2.17. The van der Waals surface area contributed by atoms with Gasteiger partial charge in [0.25, 0.3) is 0 Å². The quantitative estimate of drug-likeness (QED) is 0.242. The molecule has 0 aliphatic carbocycles. The number of hydrogen-bond donors (Lipinski definition) is 5. The van der Waals surface area contributed by atoms with Crippen LogP contribution in [0.5, 0.6) is 0 Å². The molecule has 29 heavy (non-hydrogen) atoms. The third kappa shape index (κ3) is 5.48. The molecular weight excluding hydrogens is 358 g/mol. The number of aromatic amines is 2. The molecule has 4 aromatic rings. The normalized spacial score (nSPS) is 11.6. The molecule has 2 aromatic carbocycles. The number of aromatic nitrogens is 2. The van der Waals surface area contributed by atoms with Gasteiger partial charge in [-0.1, -0.05) is 36.4 Å². The standard InChI is InChI=1S/C24H31N5/c1-3-7-23-19(5-1)17-21(29-23)10-12-26-14-16-27-15-13-25-11-9-20-18-28-24-8-4-2-6-22(20)24/h1-8,17-18,25-29H,9-16H2. The lowest BCUT2D eigenvalue weighted by atomic mass is 10.1. The average molecular weight is 390 g/mol. The molecule has 5 nitrogen and oxygen atoms in total. The van der Waals surface area contributed by atoms with Gasteiger partial charge in [0.15, 0.2) is 0 Å². The molecule has 0 aliphatic rings. The molecule has 5 heteroatoms. The van der Waals surface area contributed by atoms with E-state index in [4.69, 9.17) is 0 Å². The number of benzene rings is 2. The summed E-state index contributed by atoms with van der Waals surface area (Å²) in [6, 6.07) is 19.2. The summed E-state index contributed by atoms with van der Waals surface area (Å²) in [6.07, 6.45) is 4.22. The van der Waals surface area contributed by atoms with Crippen molar-refractivity contribution in [1.29, 1.82) is 0 Å². The van der Waals surface area contributed by atoms with Gasteiger partial charge in [-0.25, -0.2) is 0 Å². The Labute approximate surface area is 172 Å². The summed E-state index contributed by atoms with van der Waals surface area (Å²) in [5.74, 6) is 0. The lowest BCUT2D eigenvalue weighted by molar-refractivity contribution is 0.581. The van der Waals surface area contributed by atoms with Gasteiger partial charge in [-0.05, 0) is 48.5 Å². The summed E-state index contributed by atoms with van der Waals surface area (Å²) >= 11 is 0. The van der Waals surface area contributed by atoms with Crippen LogP contribution in [0.4, 0.5) is 0 Å². The lowest BCUT2D eigenvalue weighted by Gasteiger charge is -2.07. The highest BCUT2D eigenvalue weighted by atomic mass is 15.0. The van der Waals surface area contributed by atoms with Gasteiger partial charge in [-0.3, -0.25) is 0 Å². The molecule has 0 spiro atoms. The summed E-state index contributed by atoms with van der Waals surface area (Å²) in [5, 5.41) is 13.2. The summed E-state index contributed by atoms with van der Waals surface area (Å²) in [7, 11) is 0. The molecule has 2 aromatic heterocycles. The predicted octanol–water partition coefficient (Wildman–Crippen LogP) is 3.20. The first-order chi connectivity index (χ1) is 14.4. The molecule has 0 amide bonds. The van der Waals surface area contributed by atoms with E-state index in [0.29, 0.717) is 0 Å². The average Bonchev–Trinajstić information content (AvgIpc) is 3.35. The molecule has 0 atom stereocenters. The van der Waals surface area contributed by atoms with Gasteiger partial charge in [0.1, 0.15) is 0 Å². The second kappa shape index (κ2) is 10.3. The van der Waals surface area contributed by atoms with Crippen LogP contribution < -0.4 is 16.0 Å². The predicted molar refractivity (Wildman–Crippen MR) is 123 cm³/mol. The van der Waals surface area contributed by atoms with Crippen molar-refractivity contribution in [2.24, 2.45) is 0 Å². The molecule has 0 fully saturated rings. The van der Waals surface area contributed by atoms with Crippen molar-refractivity contribution in [2.45, 2.75) is 12.8 Å². The van der Waals surface area contributed by atoms with Gasteiger partial charge in [0.2, 0.25) is 0 Å². The highest BCUT2D eigenvalue weighted by Gasteiger charge is 2.02. The van der Waals surface area contributed by atoms with Gasteiger partial charge < -0.3 is 25.9 Å². The van der Waals surface area contributed by atoms with Gasteiger partial charge in [-0.2, -0.15) is 0 Å². The number of hydrogen-bond acceptors (Lipinski definition) is 3. The largest absolute Gasteiger partial charge is 0.361 e. The maximum Gasteiger partial charge on any atom is 0.0456 e. The van der Waals surface area contributed by atoms with Crippen molar-refractivity contribution in [1.82, 2.24) is 25.9 Å². The maximum absolute atomic E-state index is 3.52. The van der Waals surface area contributed by atoms with Crippen molar-refractivity contribution in [3.8, 4) is 0 Å². The van der Waals surface area contributed by atoms with Gasteiger partial charge in [0, 0.05) is 61.0 Å². The molecule has 0 radical (unpaired) electrons. The Morgan fingerprint density at radius 3 is 2.10 bits per heavy atom. The second-order valence-electron chi connectivity index (χ2n) is 7.49. The fourth-order valence-corrected chi connectivity index (χ4v) is 3.78. The van der Waals surface area contributed by atoms with Crippen molar-refractivity contribution in [3.63, 3.8) is 0 Å². The third-order valence-corrected chi connectivity index (χ3v) is 5.36. The van der Waals surface area contributed by atoms with Gasteiger partial charge >= 0.3 is 0 Å². The minimum absolute atomic E-state index is 0.996. The van der Waals surface area contributed by atoms with Crippen molar-refractivity contribution in [3.05, 3.63) is 72.1 Å². The van der Waals surface area contributed by atoms with Crippen LogP contribution in [0.15, 0.2) is 60.8 Å². The van der Waals surface area contributed by atoms with Gasteiger partial charge in [0.05, 0.1) is 0 Å². The van der Waals surface area contributed by atoms with Crippen LogP contribution in [0.25, 0.3) is 21.8 Å². The van der Waals surface area contributed by atoms with Crippen LogP contribution in [0, 0.1) is 0 Å².